The fourth-order valence-electron chi connectivity index (χ4n) is 10.5. The Morgan fingerprint density at radius 2 is 1.47 bits per heavy atom. The number of halogens is 2. The number of carbonyl (C=O) groups excluding carboxylic acids is 4. The van der Waals surface area contributed by atoms with Gasteiger partial charge >= 0.3 is 17.9 Å². The molecule has 472 valence electrons. The highest BCUT2D eigenvalue weighted by Crippen LogP contribution is 2.47. The van der Waals surface area contributed by atoms with Gasteiger partial charge in [0, 0.05) is 118 Å². The zero-order valence-corrected chi connectivity index (χ0v) is 50.5. The Morgan fingerprint density at radius 3 is 2.07 bits per heavy atom. The van der Waals surface area contributed by atoms with E-state index in [-0.39, 0.29) is 135 Å². The lowest BCUT2D eigenvalue weighted by Crippen LogP contribution is -2.55. The molecule has 3 amide bonds. The number of nitrogens with two attached hydrogens (primary N) is 2. The second-order valence-electron chi connectivity index (χ2n) is 21.8. The molecule has 10 N–H and O–H groups in total. The third kappa shape index (κ3) is 19.2. The summed E-state index contributed by atoms with van der Waals surface area (Å²) in [6.45, 7) is 6.19. The summed E-state index contributed by atoms with van der Waals surface area (Å²) >= 11 is 13.1. The number of morpholine rings is 1. The summed E-state index contributed by atoms with van der Waals surface area (Å²) < 4.78 is 25.9. The molecule has 0 spiro atoms. The number of amides is 3. The molecule has 87 heavy (non-hydrogen) atoms. The Balaban J connectivity index is 0.983. The molecule has 3 aliphatic heterocycles. The van der Waals surface area contributed by atoms with Crippen molar-refractivity contribution in [3.05, 3.63) is 75.9 Å². The van der Waals surface area contributed by atoms with Gasteiger partial charge in [0.2, 0.25) is 11.8 Å². The Morgan fingerprint density at radius 1 is 0.828 bits per heavy atom. The summed E-state index contributed by atoms with van der Waals surface area (Å²) in [7, 11) is 1.56. The molecule has 1 unspecified atom stereocenters. The van der Waals surface area contributed by atoms with Crippen molar-refractivity contribution in [3.63, 3.8) is 0 Å². The fourth-order valence-corrected chi connectivity index (χ4v) is 11.0. The first kappa shape index (κ1) is 66.9. The van der Waals surface area contributed by atoms with Gasteiger partial charge in [-0.3, -0.25) is 58.7 Å². The van der Waals surface area contributed by atoms with Gasteiger partial charge in [0.05, 0.1) is 63.5 Å². The van der Waals surface area contributed by atoms with Crippen molar-refractivity contribution in [1.29, 1.82) is 0 Å². The highest BCUT2D eigenvalue weighted by atomic mass is 35.5. The largest absolute Gasteiger partial charge is 0.496 e. The fraction of sp³-hybridized carbons (Fsp3) is 0.500. The maximum Gasteiger partial charge on any atom is 0.317 e. The number of carboxylic acid groups (broad SMARTS) is 3. The van der Waals surface area contributed by atoms with Gasteiger partial charge < -0.3 is 66.1 Å². The number of ether oxygens (including phenoxy) is 4. The van der Waals surface area contributed by atoms with Gasteiger partial charge in [0.25, 0.3) is 5.91 Å². The second-order valence-corrected chi connectivity index (χ2v) is 22.7. The summed E-state index contributed by atoms with van der Waals surface area (Å²) in [5.74, 6) is -3.05. The van der Waals surface area contributed by atoms with Crippen LogP contribution >= 0.6 is 23.2 Å². The van der Waals surface area contributed by atoms with Crippen molar-refractivity contribution in [2.45, 2.75) is 63.9 Å². The number of fused-ring (bicyclic) bond motifs is 3. The molecule has 1 aromatic heterocycles. The van der Waals surface area contributed by atoms with Crippen LogP contribution in [0.1, 0.15) is 55.6 Å². The van der Waals surface area contributed by atoms with Crippen molar-refractivity contribution >= 4 is 71.1 Å². The maximum absolute atomic E-state index is 14.5. The zero-order chi connectivity index (χ0) is 62.8. The molecular formula is C58H77Cl2N13O14. The van der Waals surface area contributed by atoms with E-state index in [1.807, 2.05) is 38.1 Å². The van der Waals surface area contributed by atoms with Gasteiger partial charge in [-0.2, -0.15) is 5.10 Å². The molecule has 27 nitrogen and oxygen atoms in total. The van der Waals surface area contributed by atoms with E-state index in [1.54, 1.807) is 66.6 Å². The second kappa shape index (κ2) is 31.8. The highest BCUT2D eigenvalue weighted by Gasteiger charge is 2.40. The summed E-state index contributed by atoms with van der Waals surface area (Å²) in [6, 6.07) is 15.2. The number of aromatic nitrogens is 2. The van der Waals surface area contributed by atoms with Crippen molar-refractivity contribution < 1.29 is 67.8 Å². The van der Waals surface area contributed by atoms with Crippen LogP contribution < -0.4 is 41.6 Å². The van der Waals surface area contributed by atoms with Crippen LogP contribution in [0.2, 0.25) is 10.0 Å². The summed E-state index contributed by atoms with van der Waals surface area (Å²) in [6.07, 6.45) is 0.451. The number of rotatable bonds is 27. The minimum Gasteiger partial charge on any atom is -0.496 e. The van der Waals surface area contributed by atoms with Crippen LogP contribution in [0.5, 0.6) is 17.2 Å². The molecule has 0 radical (unpaired) electrons. The third-order valence-electron chi connectivity index (χ3n) is 14.9. The van der Waals surface area contributed by atoms with Crippen LogP contribution in [-0.2, 0) is 40.1 Å². The van der Waals surface area contributed by atoms with Gasteiger partial charge in [0.1, 0.15) is 36.1 Å². The molecular weight excluding hydrogens is 1170 g/mol. The van der Waals surface area contributed by atoms with Crippen molar-refractivity contribution in [2.24, 2.45) is 16.5 Å². The Kier molecular flexibility index (Phi) is 24.5. The SMILES string of the molecule is COc1cc2c(cc1-c1cccc(OCCCNC(=O)[C@@H](CCCN=C(N)N)NC(=O)CCNC(C=O)N3CCN(CC(=O)O)CCN(CC(=O)O)CCN(CC(=O)O)CC3)c1)-c1c(c(C(=O)N3CCOCC3(C)C)nn1-c1cc(Cl)cc(Cl)c1)CO2. The number of nitrogens with zero attached hydrogens (tertiary/aromatic N) is 8. The van der Waals surface area contributed by atoms with Crippen molar-refractivity contribution in [3.8, 4) is 45.3 Å². The number of nitrogens with one attached hydrogen (secondary N) is 3. The number of aldehydes is 1. The van der Waals surface area contributed by atoms with Crippen LogP contribution in [0, 0.1) is 0 Å². The minimum absolute atomic E-state index is 0.00808. The number of aliphatic carboxylic acids is 3. The lowest BCUT2D eigenvalue weighted by molar-refractivity contribution is -0.140. The quantitative estimate of drug-likeness (QED) is 0.0183. The number of carbonyl (C=O) groups is 7. The van der Waals surface area contributed by atoms with Crippen LogP contribution in [0.3, 0.4) is 0 Å². The molecule has 0 saturated carbocycles. The van der Waals surface area contributed by atoms with E-state index in [4.69, 9.17) is 58.7 Å². The molecule has 7 rings (SSSR count). The highest BCUT2D eigenvalue weighted by molar-refractivity contribution is 6.34. The molecule has 2 atom stereocenters. The molecule has 3 aromatic carbocycles. The first-order valence-corrected chi connectivity index (χ1v) is 29.3. The minimum atomic E-state index is -1.09. The summed E-state index contributed by atoms with van der Waals surface area (Å²) in [4.78, 5) is 102. The van der Waals surface area contributed by atoms with E-state index in [9.17, 15) is 48.9 Å². The van der Waals surface area contributed by atoms with E-state index in [0.29, 0.717) is 94.3 Å². The van der Waals surface area contributed by atoms with Gasteiger partial charge in [-0.1, -0.05) is 35.3 Å². The molecule has 3 aliphatic rings. The summed E-state index contributed by atoms with van der Waals surface area (Å²) in [5.41, 5.74) is 14.5. The molecule has 4 heterocycles. The number of hydrogen-bond acceptors (Lipinski definition) is 18. The third-order valence-corrected chi connectivity index (χ3v) is 15.3. The molecule has 2 fully saturated rings. The van der Waals surface area contributed by atoms with Crippen molar-refractivity contribution in [1.82, 2.24) is 50.2 Å². The average Bonchev–Trinajstić information content (AvgIpc) is 1.66. The maximum atomic E-state index is 14.5. The molecule has 0 aliphatic carbocycles. The Labute approximate surface area is 513 Å². The van der Waals surface area contributed by atoms with E-state index in [1.165, 1.54) is 0 Å². The summed E-state index contributed by atoms with van der Waals surface area (Å²) in [5, 5.41) is 43.2. The normalized spacial score (nSPS) is 16.7. The molecule has 2 saturated heterocycles. The number of hydrogen-bond donors (Lipinski definition) is 8. The van der Waals surface area contributed by atoms with Crippen molar-refractivity contribution in [2.75, 3.05) is 125 Å². The van der Waals surface area contributed by atoms with Crippen LogP contribution in [-0.4, -0.2) is 240 Å². The standard InChI is InChI=1S/C58H77Cl2N13O14/c1-58(2)36-85-24-22-72(58)56(83)53-44-35-87-47-30-46(84-3)42(29-43(47)54(44)73(67-53)40-27-38(59)26-39(60)28-40)37-7-4-8-41(25-37)86-23-6-12-64-55(82)45(9-5-11-65-57(61)62)66-49(75)10-13-63-48(34-74)71-20-18-69(32-51(78)79)16-14-68(31-50(76)77)15-17-70(19-21-71)33-52(80)81/h4,7-8,25-30,34,45,48,63H,5-6,9-24,31-33,35-36H2,1-3H3,(H,64,82)(H,66,75)(H,76,77)(H,78,79)(H,80,81)(H4,61,62,65)/t45-,48?/m1/s1. The number of benzene rings is 3. The molecule has 0 bridgehead atoms. The van der Waals surface area contributed by atoms with Crippen LogP contribution in [0.4, 0.5) is 0 Å². The Hall–Kier alpha value is -7.63. The monoisotopic (exact) mass is 1250 g/mol. The number of aliphatic imine (C=N–C) groups is 1. The predicted octanol–water partition coefficient (Wildman–Crippen LogP) is 2.07. The Bertz CT molecular complexity index is 3070. The van der Waals surface area contributed by atoms with Crippen LogP contribution in [0.15, 0.2) is 59.6 Å². The van der Waals surface area contributed by atoms with Gasteiger partial charge in [-0.15, -0.1) is 0 Å². The number of guanidine groups is 1. The molecule has 29 heteroatoms. The smallest absolute Gasteiger partial charge is 0.317 e. The van der Waals surface area contributed by atoms with Gasteiger partial charge in [-0.05, 0) is 75.1 Å². The first-order chi connectivity index (χ1) is 41.6. The zero-order valence-electron chi connectivity index (χ0n) is 49.0. The number of carboxylic acids is 3. The van der Waals surface area contributed by atoms with E-state index < -0.39 is 47.5 Å². The predicted molar refractivity (Wildman–Crippen MR) is 323 cm³/mol. The van der Waals surface area contributed by atoms with E-state index in [2.05, 4.69) is 20.9 Å². The lowest BCUT2D eigenvalue weighted by atomic mass is 9.95. The first-order valence-electron chi connectivity index (χ1n) is 28.6. The lowest BCUT2D eigenvalue weighted by Gasteiger charge is -2.41. The molecule has 4 aromatic rings. The average molecular weight is 1250 g/mol. The van der Waals surface area contributed by atoms with Gasteiger partial charge in [-0.25, -0.2) is 4.68 Å². The van der Waals surface area contributed by atoms with E-state index in [0.717, 1.165) is 5.56 Å². The number of methoxy groups -OCH3 is 1. The van der Waals surface area contributed by atoms with E-state index >= 15 is 0 Å². The topological polar surface area (TPSA) is 352 Å². The van der Waals surface area contributed by atoms with Crippen LogP contribution in [0.25, 0.3) is 28.1 Å². The van der Waals surface area contributed by atoms with Gasteiger partial charge in [0.15, 0.2) is 17.9 Å².